The van der Waals surface area contributed by atoms with Crippen molar-refractivity contribution < 1.29 is 40.3 Å². The number of urea groups is 1. The fourth-order valence-electron chi connectivity index (χ4n) is 4.55. The minimum atomic E-state index is -5.49. The molecule has 0 bridgehead atoms. The van der Waals surface area contributed by atoms with Gasteiger partial charge in [-0.05, 0) is 61.9 Å². The Morgan fingerprint density at radius 1 is 1.11 bits per heavy atom. The van der Waals surface area contributed by atoms with Crippen molar-refractivity contribution in [3.05, 3.63) is 90.1 Å². The van der Waals surface area contributed by atoms with Gasteiger partial charge in [0.25, 0.3) is 9.84 Å². The van der Waals surface area contributed by atoms with Gasteiger partial charge in [0.1, 0.15) is 5.82 Å². The minimum absolute atomic E-state index is 0.0629. The summed E-state index contributed by atoms with van der Waals surface area (Å²) >= 11 is 1.07. The highest BCUT2D eigenvalue weighted by Crippen LogP contribution is 2.35. The summed E-state index contributed by atoms with van der Waals surface area (Å²) < 4.78 is 83.7. The van der Waals surface area contributed by atoms with E-state index >= 15 is 4.39 Å². The number of alkyl halides is 3. The molecule has 1 aliphatic heterocycles. The zero-order chi connectivity index (χ0) is 33.4. The predicted octanol–water partition coefficient (Wildman–Crippen LogP) is 6.66. The molecule has 1 fully saturated rings. The van der Waals surface area contributed by atoms with Gasteiger partial charge < -0.3 is 14.6 Å². The molecule has 1 N–H and O–H groups in total. The second kappa shape index (κ2) is 12.7. The molecule has 240 valence electrons. The molecule has 3 aromatic carbocycles. The van der Waals surface area contributed by atoms with Gasteiger partial charge in [-0.15, -0.1) is 0 Å². The number of halogens is 4. The van der Waals surface area contributed by atoms with Gasteiger partial charge in [-0.2, -0.15) is 18.2 Å². The number of aliphatic imine (C=N–C) groups is 1. The maximum atomic E-state index is 15.1. The van der Waals surface area contributed by atoms with Crippen molar-refractivity contribution in [1.82, 2.24) is 9.55 Å². The number of aromatic nitrogens is 2. The first kappa shape index (κ1) is 32.8. The molecule has 10 nitrogen and oxygen atoms in total. The highest BCUT2D eigenvalue weighted by molar-refractivity contribution is 8.15. The number of nitrogens with zero attached hydrogens (tertiary/aromatic N) is 4. The quantitative estimate of drug-likeness (QED) is 0.218. The summed E-state index contributed by atoms with van der Waals surface area (Å²) in [6.45, 7) is 3.70. The van der Waals surface area contributed by atoms with Crippen LogP contribution in [0.1, 0.15) is 24.2 Å². The van der Waals surface area contributed by atoms with Crippen LogP contribution in [-0.2, 0) is 19.4 Å². The van der Waals surface area contributed by atoms with Gasteiger partial charge in [-0.3, -0.25) is 9.69 Å². The largest absolute Gasteiger partial charge is 0.501 e. The number of amides is 3. The summed E-state index contributed by atoms with van der Waals surface area (Å²) in [6, 6.07) is 12.6. The summed E-state index contributed by atoms with van der Waals surface area (Å²) in [4.78, 5) is 34.3. The monoisotopic (exact) mass is 675 g/mol. The summed E-state index contributed by atoms with van der Waals surface area (Å²) in [5, 5.41) is 2.52. The number of hydrogen-bond acceptors (Lipinski definition) is 7. The number of ether oxygens (including phenoxy) is 1. The number of imidazole rings is 1. The van der Waals surface area contributed by atoms with Crippen molar-refractivity contribution in [2.45, 2.75) is 30.4 Å². The number of nitrogens with one attached hydrogen (secondary N) is 1. The highest BCUT2D eigenvalue weighted by atomic mass is 32.2. The molecule has 2 heterocycles. The maximum absolute atomic E-state index is 15.1. The normalized spacial score (nSPS) is 15.4. The molecule has 0 radical (unpaired) electrons. The Balaban J connectivity index is 1.32. The van der Waals surface area contributed by atoms with Crippen molar-refractivity contribution in [2.75, 3.05) is 23.1 Å². The number of thioether (sulfide) groups is 1. The number of carbonyl (C=O) groups is 2. The van der Waals surface area contributed by atoms with E-state index in [1.54, 1.807) is 13.2 Å². The van der Waals surface area contributed by atoms with E-state index in [1.807, 2.05) is 26.0 Å². The molecule has 0 saturated carbocycles. The van der Waals surface area contributed by atoms with Crippen LogP contribution in [0.3, 0.4) is 0 Å². The molecule has 1 aromatic heterocycles. The summed E-state index contributed by atoms with van der Waals surface area (Å²) in [6.07, 6.45) is 2.45. The van der Waals surface area contributed by atoms with Gasteiger partial charge in [0.2, 0.25) is 5.91 Å². The first-order chi connectivity index (χ1) is 21.7. The van der Waals surface area contributed by atoms with E-state index in [0.29, 0.717) is 22.6 Å². The summed E-state index contributed by atoms with van der Waals surface area (Å²) in [5.74, 6) is -1.01. The van der Waals surface area contributed by atoms with Gasteiger partial charge in [-0.1, -0.05) is 30.0 Å². The number of benzene rings is 3. The van der Waals surface area contributed by atoms with Crippen molar-refractivity contribution in [2.24, 2.45) is 4.99 Å². The fraction of sp³-hybridized carbons (Fsp3) is 0.200. The van der Waals surface area contributed by atoms with Gasteiger partial charge in [0.15, 0.2) is 5.17 Å². The summed E-state index contributed by atoms with van der Waals surface area (Å²) in [5.41, 5.74) is -2.53. The maximum Gasteiger partial charge on any atom is 0.501 e. The number of aryl methyl sites for hydroxylation is 1. The molecule has 0 spiro atoms. The Bertz CT molecular complexity index is 1960. The lowest BCUT2D eigenvalue weighted by Crippen LogP contribution is -2.31. The molecule has 1 unspecified atom stereocenters. The van der Waals surface area contributed by atoms with Crippen molar-refractivity contribution in [1.29, 1.82) is 0 Å². The van der Waals surface area contributed by atoms with Crippen molar-refractivity contribution >= 4 is 50.1 Å². The van der Waals surface area contributed by atoms with Crippen LogP contribution in [0.4, 0.5) is 33.7 Å². The molecule has 3 amide bonds. The smallest absolute Gasteiger partial charge is 0.377 e. The van der Waals surface area contributed by atoms with Crippen molar-refractivity contribution in [3.63, 3.8) is 0 Å². The molecule has 1 saturated heterocycles. The third-order valence-electron chi connectivity index (χ3n) is 7.02. The van der Waals surface area contributed by atoms with Crippen LogP contribution < -0.4 is 10.2 Å². The molecule has 1 aliphatic rings. The third-order valence-corrected chi connectivity index (χ3v) is 9.45. The molecule has 46 heavy (non-hydrogen) atoms. The molecule has 0 aliphatic carbocycles. The van der Waals surface area contributed by atoms with E-state index in [2.05, 4.69) is 15.3 Å². The number of anilines is 2. The van der Waals surface area contributed by atoms with Gasteiger partial charge in [-0.25, -0.2) is 22.6 Å². The SMILES string of the molecule is COC(C)c1ccc(C)cc1N1C(=O)CS/C1=N\C(=O)Nc1ccc(-c2cn(-c3ccc(S(=O)(=O)C(F)(F)F)cc3)cn2)cc1F. The Morgan fingerprint density at radius 3 is 2.48 bits per heavy atom. The highest BCUT2D eigenvalue weighted by Gasteiger charge is 2.46. The van der Waals surface area contributed by atoms with E-state index in [-0.39, 0.29) is 28.6 Å². The molecule has 1 atom stereocenters. The third kappa shape index (κ3) is 6.54. The van der Waals surface area contributed by atoms with Crippen LogP contribution in [0.25, 0.3) is 16.9 Å². The van der Waals surface area contributed by atoms with E-state index < -0.39 is 32.1 Å². The van der Waals surface area contributed by atoms with Crippen LogP contribution in [0.5, 0.6) is 0 Å². The lowest BCUT2D eigenvalue weighted by atomic mass is 10.0. The Labute approximate surface area is 265 Å². The average Bonchev–Trinajstić information content (AvgIpc) is 3.64. The van der Waals surface area contributed by atoms with E-state index in [4.69, 9.17) is 4.74 Å². The zero-order valence-corrected chi connectivity index (χ0v) is 26.0. The number of carbonyl (C=O) groups excluding carboxylic acids is 2. The number of amidine groups is 1. The van der Waals surface area contributed by atoms with Crippen LogP contribution >= 0.6 is 11.8 Å². The number of methoxy groups -OCH3 is 1. The topological polar surface area (TPSA) is 123 Å². The molecule has 16 heteroatoms. The van der Waals surface area contributed by atoms with Gasteiger partial charge in [0.05, 0.1) is 40.1 Å². The minimum Gasteiger partial charge on any atom is -0.377 e. The zero-order valence-electron chi connectivity index (χ0n) is 24.4. The van der Waals surface area contributed by atoms with Crippen LogP contribution in [0.15, 0.2) is 83.1 Å². The van der Waals surface area contributed by atoms with Gasteiger partial charge >= 0.3 is 11.5 Å². The standard InChI is InChI=1S/C30H25F4N5O5S2/c1-17-4-10-22(18(2)44-3)26(12-17)39-27(40)15-45-29(39)37-28(41)36-24-11-5-19(13-23(24)31)25-14-38(16-35-25)20-6-8-21(9-7-20)46(42,43)30(32,33)34/h4-14,16,18H,15H2,1-3H3,(H,36,41)/b37-29-. The fourth-order valence-corrected chi connectivity index (χ4v) is 6.17. The molecular weight excluding hydrogens is 650 g/mol. The lowest BCUT2D eigenvalue weighted by Gasteiger charge is -2.23. The van der Waals surface area contributed by atoms with Crippen molar-refractivity contribution in [3.8, 4) is 16.9 Å². The molecular formula is C30H25F4N5O5S2. The number of hydrogen-bond donors (Lipinski definition) is 1. The van der Waals surface area contributed by atoms with E-state index in [1.165, 1.54) is 46.3 Å². The Morgan fingerprint density at radius 2 is 1.83 bits per heavy atom. The second-order valence-corrected chi connectivity index (χ2v) is 13.0. The Hall–Kier alpha value is -4.54. The lowest BCUT2D eigenvalue weighted by molar-refractivity contribution is -0.115. The van der Waals surface area contributed by atoms with E-state index in [0.717, 1.165) is 41.1 Å². The number of sulfone groups is 1. The Kier molecular flexibility index (Phi) is 9.06. The first-order valence-electron chi connectivity index (χ1n) is 13.4. The predicted molar refractivity (Wildman–Crippen MR) is 165 cm³/mol. The average molecular weight is 676 g/mol. The van der Waals surface area contributed by atoms with Gasteiger partial charge in [0, 0.05) is 30.1 Å². The summed E-state index contributed by atoms with van der Waals surface area (Å²) in [7, 11) is -3.95. The molecule has 4 aromatic rings. The van der Waals surface area contributed by atoms with E-state index in [9.17, 15) is 31.2 Å². The first-order valence-corrected chi connectivity index (χ1v) is 15.9. The van der Waals surface area contributed by atoms with Crippen LogP contribution in [0, 0.1) is 12.7 Å². The van der Waals surface area contributed by atoms with Crippen LogP contribution in [-0.4, -0.2) is 53.4 Å². The molecule has 5 rings (SSSR count). The second-order valence-electron chi connectivity index (χ2n) is 10.1. The van der Waals surface area contributed by atoms with Crippen LogP contribution in [0.2, 0.25) is 0 Å². The number of rotatable bonds is 7.